The van der Waals surface area contributed by atoms with E-state index in [0.717, 1.165) is 5.69 Å². The minimum absolute atomic E-state index is 0.0170. The number of aliphatic hydroxyl groups excluding tert-OH is 1. The second-order valence-electron chi connectivity index (χ2n) is 3.52. The molecule has 0 radical (unpaired) electrons. The van der Waals surface area contributed by atoms with E-state index in [4.69, 9.17) is 5.11 Å². The van der Waals surface area contributed by atoms with Gasteiger partial charge in [0, 0.05) is 31.4 Å². The molecule has 0 aliphatic heterocycles. The third-order valence-corrected chi connectivity index (χ3v) is 2.43. The average molecular weight is 222 g/mol. The van der Waals surface area contributed by atoms with Crippen molar-refractivity contribution in [3.8, 4) is 0 Å². The van der Waals surface area contributed by atoms with E-state index in [-0.39, 0.29) is 12.5 Å². The number of pyridine rings is 1. The van der Waals surface area contributed by atoms with Crippen LogP contribution in [-0.4, -0.2) is 40.6 Å². The normalized spacial score (nSPS) is 10.1. The molecule has 0 bridgehead atoms. The Bertz CT molecular complexity index is 314. The summed E-state index contributed by atoms with van der Waals surface area (Å²) in [6, 6.07) is 5.68. The molecular formula is C12H18N2O2. The number of hydrogen-bond acceptors (Lipinski definition) is 3. The average Bonchev–Trinajstić information content (AvgIpc) is 2.34. The number of hydrogen-bond donors (Lipinski definition) is 1. The first-order chi connectivity index (χ1) is 7.77. The van der Waals surface area contributed by atoms with Crippen molar-refractivity contribution in [3.63, 3.8) is 0 Å². The molecule has 1 rings (SSSR count). The molecule has 88 valence electrons. The van der Waals surface area contributed by atoms with Gasteiger partial charge >= 0.3 is 0 Å². The Kier molecular flexibility index (Phi) is 5.50. The van der Waals surface area contributed by atoms with E-state index in [0.29, 0.717) is 25.9 Å². The van der Waals surface area contributed by atoms with Gasteiger partial charge < -0.3 is 10.0 Å². The first-order valence-electron chi connectivity index (χ1n) is 5.56. The topological polar surface area (TPSA) is 53.4 Å². The summed E-state index contributed by atoms with van der Waals surface area (Å²) < 4.78 is 0. The number of nitrogens with zero attached hydrogens (tertiary/aromatic N) is 2. The van der Waals surface area contributed by atoms with E-state index in [9.17, 15) is 4.79 Å². The van der Waals surface area contributed by atoms with Crippen molar-refractivity contribution in [2.24, 2.45) is 0 Å². The van der Waals surface area contributed by atoms with E-state index in [1.54, 1.807) is 11.1 Å². The summed E-state index contributed by atoms with van der Waals surface area (Å²) >= 11 is 0. The Morgan fingerprint density at radius 1 is 1.50 bits per heavy atom. The standard InChI is InChI=1S/C12H18N2O2/c1-2-14(9-10-15)12(16)7-6-11-5-3-4-8-13-11/h3-5,8,15H,2,6-7,9-10H2,1H3. The van der Waals surface area contributed by atoms with Gasteiger partial charge in [0.05, 0.1) is 6.61 Å². The summed E-state index contributed by atoms with van der Waals surface area (Å²) in [5, 5.41) is 8.80. The number of aliphatic hydroxyl groups is 1. The zero-order valence-corrected chi connectivity index (χ0v) is 9.59. The first-order valence-corrected chi connectivity index (χ1v) is 5.56. The third-order valence-electron chi connectivity index (χ3n) is 2.43. The summed E-state index contributed by atoms with van der Waals surface area (Å²) in [5.74, 6) is 0.0715. The molecule has 4 nitrogen and oxygen atoms in total. The highest BCUT2D eigenvalue weighted by Crippen LogP contribution is 2.01. The van der Waals surface area contributed by atoms with Crippen LogP contribution in [-0.2, 0) is 11.2 Å². The van der Waals surface area contributed by atoms with Gasteiger partial charge in [-0.1, -0.05) is 6.07 Å². The smallest absolute Gasteiger partial charge is 0.223 e. The lowest BCUT2D eigenvalue weighted by molar-refractivity contribution is -0.131. The van der Waals surface area contributed by atoms with Crippen LogP contribution in [0, 0.1) is 0 Å². The Hall–Kier alpha value is -1.42. The van der Waals surface area contributed by atoms with Crippen molar-refractivity contribution in [1.29, 1.82) is 0 Å². The minimum atomic E-state index is 0.0170. The van der Waals surface area contributed by atoms with Crippen molar-refractivity contribution < 1.29 is 9.90 Å². The number of aryl methyl sites for hydroxylation is 1. The Balaban J connectivity index is 2.40. The van der Waals surface area contributed by atoms with Crippen molar-refractivity contribution in [1.82, 2.24) is 9.88 Å². The number of amides is 1. The lowest BCUT2D eigenvalue weighted by Gasteiger charge is -2.19. The highest BCUT2D eigenvalue weighted by molar-refractivity contribution is 5.76. The van der Waals surface area contributed by atoms with Crippen molar-refractivity contribution in [3.05, 3.63) is 30.1 Å². The van der Waals surface area contributed by atoms with E-state index >= 15 is 0 Å². The van der Waals surface area contributed by atoms with Gasteiger partial charge in [0.2, 0.25) is 5.91 Å². The molecule has 0 aliphatic rings. The SMILES string of the molecule is CCN(CCO)C(=O)CCc1ccccn1. The minimum Gasteiger partial charge on any atom is -0.395 e. The Morgan fingerprint density at radius 3 is 2.88 bits per heavy atom. The number of rotatable bonds is 6. The molecule has 16 heavy (non-hydrogen) atoms. The first kappa shape index (κ1) is 12.6. The van der Waals surface area contributed by atoms with Crippen LogP contribution in [0.3, 0.4) is 0 Å². The van der Waals surface area contributed by atoms with E-state index < -0.39 is 0 Å². The van der Waals surface area contributed by atoms with Gasteiger partial charge in [0.1, 0.15) is 0 Å². The van der Waals surface area contributed by atoms with Gasteiger partial charge in [0.25, 0.3) is 0 Å². The summed E-state index contributed by atoms with van der Waals surface area (Å²) in [4.78, 5) is 17.5. The molecule has 1 heterocycles. The summed E-state index contributed by atoms with van der Waals surface area (Å²) in [5.41, 5.74) is 0.927. The Labute approximate surface area is 95.9 Å². The van der Waals surface area contributed by atoms with Crippen LogP contribution in [0.1, 0.15) is 19.0 Å². The molecule has 0 aliphatic carbocycles. The Morgan fingerprint density at radius 2 is 2.31 bits per heavy atom. The zero-order valence-electron chi connectivity index (χ0n) is 9.59. The monoisotopic (exact) mass is 222 g/mol. The molecule has 0 unspecified atom stereocenters. The number of likely N-dealkylation sites (N-methyl/N-ethyl adjacent to an activating group) is 1. The lowest BCUT2D eigenvalue weighted by Crippen LogP contribution is -2.33. The zero-order chi connectivity index (χ0) is 11.8. The van der Waals surface area contributed by atoms with Gasteiger partial charge in [-0.15, -0.1) is 0 Å². The summed E-state index contributed by atoms with van der Waals surface area (Å²) in [6.07, 6.45) is 2.83. The molecule has 0 fully saturated rings. The van der Waals surface area contributed by atoms with Crippen molar-refractivity contribution in [2.45, 2.75) is 19.8 Å². The lowest BCUT2D eigenvalue weighted by atomic mass is 10.2. The fourth-order valence-corrected chi connectivity index (χ4v) is 1.52. The molecule has 0 saturated heterocycles. The predicted molar refractivity (Wildman–Crippen MR) is 61.9 cm³/mol. The van der Waals surface area contributed by atoms with Crippen molar-refractivity contribution in [2.75, 3.05) is 19.7 Å². The van der Waals surface area contributed by atoms with Gasteiger partial charge in [-0.2, -0.15) is 0 Å². The molecule has 0 spiro atoms. The maximum Gasteiger partial charge on any atom is 0.223 e. The predicted octanol–water partition coefficient (Wildman–Crippen LogP) is 0.855. The number of aromatic nitrogens is 1. The van der Waals surface area contributed by atoms with Crippen LogP contribution in [0.4, 0.5) is 0 Å². The molecule has 1 aromatic rings. The maximum absolute atomic E-state index is 11.7. The fraction of sp³-hybridized carbons (Fsp3) is 0.500. The third kappa shape index (κ3) is 3.98. The summed E-state index contributed by atoms with van der Waals surface area (Å²) in [6.45, 7) is 2.98. The van der Waals surface area contributed by atoms with Gasteiger partial charge in [-0.3, -0.25) is 9.78 Å². The molecule has 1 N–H and O–H groups in total. The van der Waals surface area contributed by atoms with Gasteiger partial charge in [0.15, 0.2) is 0 Å². The highest BCUT2D eigenvalue weighted by Gasteiger charge is 2.10. The van der Waals surface area contributed by atoms with Crippen LogP contribution in [0.15, 0.2) is 24.4 Å². The molecule has 1 amide bonds. The molecule has 0 aromatic carbocycles. The van der Waals surface area contributed by atoms with E-state index in [2.05, 4.69) is 4.98 Å². The van der Waals surface area contributed by atoms with Crippen LogP contribution < -0.4 is 0 Å². The van der Waals surface area contributed by atoms with Crippen LogP contribution in [0.5, 0.6) is 0 Å². The van der Waals surface area contributed by atoms with E-state index in [1.807, 2.05) is 25.1 Å². The summed E-state index contributed by atoms with van der Waals surface area (Å²) in [7, 11) is 0. The maximum atomic E-state index is 11.7. The van der Waals surface area contributed by atoms with Gasteiger partial charge in [-0.25, -0.2) is 0 Å². The number of carbonyl (C=O) groups excluding carboxylic acids is 1. The quantitative estimate of drug-likeness (QED) is 0.776. The largest absolute Gasteiger partial charge is 0.395 e. The molecule has 0 saturated carbocycles. The second-order valence-corrected chi connectivity index (χ2v) is 3.52. The molecule has 1 aromatic heterocycles. The van der Waals surface area contributed by atoms with Crippen molar-refractivity contribution >= 4 is 5.91 Å². The highest BCUT2D eigenvalue weighted by atomic mass is 16.3. The fourth-order valence-electron chi connectivity index (χ4n) is 1.52. The van der Waals surface area contributed by atoms with Gasteiger partial charge in [-0.05, 0) is 25.5 Å². The number of carbonyl (C=O) groups is 1. The van der Waals surface area contributed by atoms with Crippen LogP contribution >= 0.6 is 0 Å². The van der Waals surface area contributed by atoms with Crippen LogP contribution in [0.2, 0.25) is 0 Å². The molecule has 0 atom stereocenters. The molecular weight excluding hydrogens is 204 g/mol. The van der Waals surface area contributed by atoms with Crippen LogP contribution in [0.25, 0.3) is 0 Å². The second kappa shape index (κ2) is 6.95. The molecule has 4 heteroatoms. The van der Waals surface area contributed by atoms with E-state index in [1.165, 1.54) is 0 Å².